The maximum Gasteiger partial charge on any atom is 0.325 e. The van der Waals surface area contributed by atoms with Gasteiger partial charge in [-0.2, -0.15) is 10.2 Å². The van der Waals surface area contributed by atoms with Crippen molar-refractivity contribution in [1.29, 1.82) is 0 Å². The quantitative estimate of drug-likeness (QED) is 0.834. The van der Waals surface area contributed by atoms with Gasteiger partial charge in [0.2, 0.25) is 0 Å². The summed E-state index contributed by atoms with van der Waals surface area (Å²) >= 11 is 0. The zero-order valence-corrected chi connectivity index (χ0v) is 12.8. The summed E-state index contributed by atoms with van der Waals surface area (Å²) in [5.41, 5.74) is 0.453. The number of rotatable bonds is 4. The molecule has 1 atom stereocenters. The van der Waals surface area contributed by atoms with E-state index in [1.165, 1.54) is 4.90 Å². The minimum Gasteiger partial charge on any atom is -0.319 e. The first-order valence-corrected chi connectivity index (χ1v) is 7.08. The smallest absolute Gasteiger partial charge is 0.319 e. The number of urea groups is 1. The number of hydrogen-bond donors (Lipinski definition) is 1. The summed E-state index contributed by atoms with van der Waals surface area (Å²) in [6.45, 7) is 2.07. The Kier molecular flexibility index (Phi) is 3.23. The van der Waals surface area contributed by atoms with Gasteiger partial charge in [0, 0.05) is 32.1 Å². The molecule has 8 heteroatoms. The van der Waals surface area contributed by atoms with Crippen LogP contribution in [0.4, 0.5) is 4.79 Å². The molecule has 0 spiro atoms. The molecule has 1 N–H and O–H groups in total. The lowest BCUT2D eigenvalue weighted by molar-refractivity contribution is -0.132. The summed E-state index contributed by atoms with van der Waals surface area (Å²) in [7, 11) is 3.56. The molecule has 3 rings (SSSR count). The first-order chi connectivity index (χ1) is 10.5. The van der Waals surface area contributed by atoms with Gasteiger partial charge in [-0.25, -0.2) is 4.79 Å². The van der Waals surface area contributed by atoms with E-state index in [0.29, 0.717) is 12.0 Å². The molecule has 1 unspecified atom stereocenters. The van der Waals surface area contributed by atoms with Crippen molar-refractivity contribution in [2.75, 3.05) is 0 Å². The molecule has 22 heavy (non-hydrogen) atoms. The minimum atomic E-state index is -1.04. The maximum absolute atomic E-state index is 12.9. The number of amides is 3. The van der Waals surface area contributed by atoms with Gasteiger partial charge in [0.1, 0.15) is 5.54 Å². The second kappa shape index (κ2) is 4.97. The standard InChI is InChI=1S/C14H18N6O2/c1-4-14(10-7-16-18(2)8-10)12(21)20(13(22)17-14)9-11-5-6-15-19(11)3/h5-8H,4,9H2,1-3H3,(H,17,22). The van der Waals surface area contributed by atoms with Gasteiger partial charge < -0.3 is 5.32 Å². The molecule has 0 aromatic carbocycles. The van der Waals surface area contributed by atoms with Crippen molar-refractivity contribution in [3.05, 3.63) is 35.9 Å². The van der Waals surface area contributed by atoms with Crippen molar-refractivity contribution < 1.29 is 9.59 Å². The Morgan fingerprint density at radius 1 is 1.27 bits per heavy atom. The fourth-order valence-corrected chi connectivity index (χ4v) is 2.77. The minimum absolute atomic E-state index is 0.198. The summed E-state index contributed by atoms with van der Waals surface area (Å²) in [5.74, 6) is -0.255. The third kappa shape index (κ3) is 1.99. The number of hydrogen-bond acceptors (Lipinski definition) is 4. The Hall–Kier alpha value is -2.64. The lowest BCUT2D eigenvalue weighted by atomic mass is 9.89. The molecular formula is C14H18N6O2. The highest BCUT2D eigenvalue weighted by atomic mass is 16.2. The summed E-state index contributed by atoms with van der Waals surface area (Å²) < 4.78 is 3.27. The van der Waals surface area contributed by atoms with Crippen LogP contribution >= 0.6 is 0 Å². The van der Waals surface area contributed by atoms with Crippen LogP contribution in [0.15, 0.2) is 24.7 Å². The van der Waals surface area contributed by atoms with Crippen LogP contribution in [-0.4, -0.2) is 36.4 Å². The number of aryl methyl sites for hydroxylation is 2. The second-order valence-electron chi connectivity index (χ2n) is 5.43. The van der Waals surface area contributed by atoms with Gasteiger partial charge in [-0.3, -0.25) is 19.1 Å². The molecule has 1 aliphatic rings. The Labute approximate surface area is 127 Å². The largest absolute Gasteiger partial charge is 0.325 e. The highest BCUT2D eigenvalue weighted by Crippen LogP contribution is 2.32. The lowest BCUT2D eigenvalue weighted by Crippen LogP contribution is -2.43. The zero-order valence-electron chi connectivity index (χ0n) is 12.8. The Balaban J connectivity index is 1.94. The van der Waals surface area contributed by atoms with E-state index in [1.807, 2.05) is 6.92 Å². The molecule has 3 amide bonds. The van der Waals surface area contributed by atoms with Gasteiger partial charge in [0.15, 0.2) is 0 Å². The van der Waals surface area contributed by atoms with Crippen molar-refractivity contribution in [3.63, 3.8) is 0 Å². The van der Waals surface area contributed by atoms with E-state index in [1.54, 1.807) is 48.1 Å². The fraction of sp³-hybridized carbons (Fsp3) is 0.429. The van der Waals surface area contributed by atoms with Crippen LogP contribution in [0.1, 0.15) is 24.6 Å². The molecule has 0 radical (unpaired) electrons. The molecule has 2 aromatic rings. The summed E-state index contributed by atoms with van der Waals surface area (Å²) in [5, 5.41) is 11.0. The van der Waals surface area contributed by atoms with E-state index in [4.69, 9.17) is 0 Å². The molecule has 1 saturated heterocycles. The van der Waals surface area contributed by atoms with Crippen LogP contribution in [0.2, 0.25) is 0 Å². The van der Waals surface area contributed by atoms with Gasteiger partial charge in [-0.1, -0.05) is 6.92 Å². The fourth-order valence-electron chi connectivity index (χ4n) is 2.77. The topological polar surface area (TPSA) is 85.1 Å². The third-order valence-corrected chi connectivity index (χ3v) is 4.15. The van der Waals surface area contributed by atoms with Crippen molar-refractivity contribution in [2.45, 2.75) is 25.4 Å². The third-order valence-electron chi connectivity index (χ3n) is 4.15. The number of nitrogens with one attached hydrogen (secondary N) is 1. The van der Waals surface area contributed by atoms with Crippen molar-refractivity contribution in [3.8, 4) is 0 Å². The molecule has 0 aliphatic carbocycles. The maximum atomic E-state index is 12.9. The summed E-state index contributed by atoms with van der Waals surface area (Å²) in [6.07, 6.45) is 5.48. The first kappa shape index (κ1) is 14.3. The van der Waals surface area contributed by atoms with Crippen LogP contribution in [0.25, 0.3) is 0 Å². The molecule has 116 valence electrons. The molecule has 0 saturated carbocycles. The highest BCUT2D eigenvalue weighted by Gasteiger charge is 2.51. The molecular weight excluding hydrogens is 284 g/mol. The first-order valence-electron chi connectivity index (χ1n) is 7.08. The van der Waals surface area contributed by atoms with Crippen LogP contribution in [0.3, 0.4) is 0 Å². The lowest BCUT2D eigenvalue weighted by Gasteiger charge is -2.23. The number of carbonyl (C=O) groups excluding carboxylic acids is 2. The van der Waals surface area contributed by atoms with Gasteiger partial charge in [-0.05, 0) is 12.5 Å². The molecule has 1 fully saturated rings. The number of nitrogens with zero attached hydrogens (tertiary/aromatic N) is 5. The normalized spacial score (nSPS) is 21.5. The Bertz CT molecular complexity index is 733. The van der Waals surface area contributed by atoms with Gasteiger partial charge >= 0.3 is 6.03 Å². The van der Waals surface area contributed by atoms with Gasteiger partial charge in [0.05, 0.1) is 18.4 Å². The number of carbonyl (C=O) groups is 2. The summed E-state index contributed by atoms with van der Waals surface area (Å²) in [6, 6.07) is 1.40. The van der Waals surface area contributed by atoms with E-state index < -0.39 is 11.6 Å². The van der Waals surface area contributed by atoms with Crippen LogP contribution in [-0.2, 0) is 31.0 Å². The van der Waals surface area contributed by atoms with Crippen LogP contribution < -0.4 is 5.32 Å². The molecule has 2 aromatic heterocycles. The SMILES string of the molecule is CCC1(c2cnn(C)c2)NC(=O)N(Cc2ccnn2C)C1=O. The average Bonchev–Trinajstić information content (AvgIpc) is 3.15. The van der Waals surface area contributed by atoms with Gasteiger partial charge in [0.25, 0.3) is 5.91 Å². The van der Waals surface area contributed by atoms with Gasteiger partial charge in [-0.15, -0.1) is 0 Å². The second-order valence-corrected chi connectivity index (χ2v) is 5.43. The highest BCUT2D eigenvalue weighted by molar-refractivity contribution is 6.07. The van der Waals surface area contributed by atoms with Crippen molar-refractivity contribution in [1.82, 2.24) is 29.8 Å². The van der Waals surface area contributed by atoms with Crippen molar-refractivity contribution in [2.24, 2.45) is 14.1 Å². The number of aromatic nitrogens is 4. The Morgan fingerprint density at radius 3 is 2.59 bits per heavy atom. The van der Waals surface area contributed by atoms with Crippen LogP contribution in [0, 0.1) is 0 Å². The predicted octanol–water partition coefficient (Wildman–Crippen LogP) is 0.511. The van der Waals surface area contributed by atoms with Crippen molar-refractivity contribution >= 4 is 11.9 Å². The van der Waals surface area contributed by atoms with E-state index in [0.717, 1.165) is 5.69 Å². The summed E-state index contributed by atoms with van der Waals surface area (Å²) in [4.78, 5) is 26.4. The average molecular weight is 302 g/mol. The number of imide groups is 1. The van der Waals surface area contributed by atoms with E-state index in [-0.39, 0.29) is 12.5 Å². The molecule has 0 bridgehead atoms. The van der Waals surface area contributed by atoms with E-state index in [9.17, 15) is 9.59 Å². The predicted molar refractivity (Wildman–Crippen MR) is 77.5 cm³/mol. The Morgan fingerprint density at radius 2 is 2.05 bits per heavy atom. The van der Waals surface area contributed by atoms with E-state index in [2.05, 4.69) is 15.5 Å². The zero-order chi connectivity index (χ0) is 15.9. The molecule has 8 nitrogen and oxygen atoms in total. The van der Waals surface area contributed by atoms with E-state index >= 15 is 0 Å². The molecule has 1 aliphatic heterocycles. The van der Waals surface area contributed by atoms with Crippen LogP contribution in [0.5, 0.6) is 0 Å². The molecule has 3 heterocycles. The monoisotopic (exact) mass is 302 g/mol.